The Labute approximate surface area is 123 Å². The Hall–Kier alpha value is -2.47. The summed E-state index contributed by atoms with van der Waals surface area (Å²) in [6.07, 6.45) is 0. The fourth-order valence-corrected chi connectivity index (χ4v) is 2.06. The molecular weight excluding hydrogens is 300 g/mol. The van der Waals surface area contributed by atoms with Crippen molar-refractivity contribution >= 4 is 17.3 Å². The second kappa shape index (κ2) is 5.14. The lowest BCUT2D eigenvalue weighted by atomic mass is 10.2. The number of benzene rings is 2. The van der Waals surface area contributed by atoms with Gasteiger partial charge in [0.25, 0.3) is 5.89 Å². The summed E-state index contributed by atoms with van der Waals surface area (Å²) in [5.41, 5.74) is 6.92. The topological polar surface area (TPSA) is 64.9 Å². The summed E-state index contributed by atoms with van der Waals surface area (Å²) in [6.45, 7) is 0. The summed E-state index contributed by atoms with van der Waals surface area (Å²) in [4.78, 5) is 4.12. The predicted molar refractivity (Wildman–Crippen MR) is 74.5 cm³/mol. The average Bonchev–Trinajstić information content (AvgIpc) is 2.91. The van der Waals surface area contributed by atoms with Gasteiger partial charge >= 0.3 is 0 Å². The molecule has 0 aliphatic heterocycles. The van der Waals surface area contributed by atoms with Crippen LogP contribution in [0.4, 0.5) is 14.5 Å². The third kappa shape index (κ3) is 2.57. The maximum atomic E-state index is 13.2. The van der Waals surface area contributed by atoms with Crippen LogP contribution in [-0.4, -0.2) is 10.1 Å². The smallest absolute Gasteiger partial charge is 0.259 e. The van der Waals surface area contributed by atoms with Gasteiger partial charge in [-0.3, -0.25) is 0 Å². The van der Waals surface area contributed by atoms with E-state index in [9.17, 15) is 8.78 Å². The maximum Gasteiger partial charge on any atom is 0.259 e. The molecule has 0 aliphatic carbocycles. The number of nitrogen functional groups attached to an aromatic ring is 1. The molecule has 4 nitrogen and oxygen atoms in total. The molecule has 106 valence electrons. The summed E-state index contributed by atoms with van der Waals surface area (Å²) in [5.74, 6) is -1.62. The van der Waals surface area contributed by atoms with Gasteiger partial charge in [0.05, 0.1) is 10.6 Å². The maximum absolute atomic E-state index is 13.2. The van der Waals surface area contributed by atoms with Crippen molar-refractivity contribution < 1.29 is 13.3 Å². The van der Waals surface area contributed by atoms with E-state index < -0.39 is 11.6 Å². The number of hydrogen-bond donors (Lipinski definition) is 1. The molecule has 0 spiro atoms. The second-order valence-corrected chi connectivity index (χ2v) is 4.70. The number of hydrogen-bond acceptors (Lipinski definition) is 4. The van der Waals surface area contributed by atoms with Crippen LogP contribution < -0.4 is 5.73 Å². The van der Waals surface area contributed by atoms with Crippen LogP contribution in [0.5, 0.6) is 0 Å². The summed E-state index contributed by atoms with van der Waals surface area (Å²) >= 11 is 6.05. The van der Waals surface area contributed by atoms with Crippen LogP contribution in [0.2, 0.25) is 5.02 Å². The Morgan fingerprint density at radius 1 is 1.05 bits per heavy atom. The largest absolute Gasteiger partial charge is 0.399 e. The van der Waals surface area contributed by atoms with Crippen LogP contribution in [0.3, 0.4) is 0 Å². The van der Waals surface area contributed by atoms with E-state index in [0.29, 0.717) is 21.8 Å². The standard InChI is InChI=1S/C14H8ClF2N3O/c15-10-6-8(18)2-3-9(10)14-19-13(20-21-14)7-1-4-11(16)12(17)5-7/h1-6H,18H2. The number of rotatable bonds is 2. The van der Waals surface area contributed by atoms with Crippen molar-refractivity contribution in [3.8, 4) is 22.8 Å². The van der Waals surface area contributed by atoms with E-state index in [1.54, 1.807) is 18.2 Å². The second-order valence-electron chi connectivity index (χ2n) is 4.29. The highest BCUT2D eigenvalue weighted by Crippen LogP contribution is 2.30. The normalized spacial score (nSPS) is 10.8. The van der Waals surface area contributed by atoms with Gasteiger partial charge in [-0.15, -0.1) is 0 Å². The molecule has 0 atom stereocenters. The van der Waals surface area contributed by atoms with E-state index in [4.69, 9.17) is 21.9 Å². The van der Waals surface area contributed by atoms with E-state index in [0.717, 1.165) is 12.1 Å². The van der Waals surface area contributed by atoms with E-state index in [-0.39, 0.29) is 11.7 Å². The van der Waals surface area contributed by atoms with Gasteiger partial charge in [-0.05, 0) is 36.4 Å². The van der Waals surface area contributed by atoms with E-state index in [2.05, 4.69) is 10.1 Å². The number of anilines is 1. The molecule has 1 heterocycles. The minimum absolute atomic E-state index is 0.136. The first-order chi connectivity index (χ1) is 10.0. The van der Waals surface area contributed by atoms with E-state index in [1.165, 1.54) is 6.07 Å². The van der Waals surface area contributed by atoms with Gasteiger partial charge in [-0.2, -0.15) is 4.98 Å². The summed E-state index contributed by atoms with van der Waals surface area (Å²) in [7, 11) is 0. The molecule has 3 aromatic rings. The van der Waals surface area contributed by atoms with Crippen molar-refractivity contribution in [1.82, 2.24) is 10.1 Å². The van der Waals surface area contributed by atoms with Crippen LogP contribution in [0, 0.1) is 11.6 Å². The van der Waals surface area contributed by atoms with Gasteiger partial charge in [0.1, 0.15) is 0 Å². The SMILES string of the molecule is Nc1ccc(-c2nc(-c3ccc(F)c(F)c3)no2)c(Cl)c1. The van der Waals surface area contributed by atoms with Crippen LogP contribution in [0.15, 0.2) is 40.9 Å². The number of halogens is 3. The van der Waals surface area contributed by atoms with Gasteiger partial charge in [0, 0.05) is 11.3 Å². The van der Waals surface area contributed by atoms with E-state index >= 15 is 0 Å². The first-order valence-corrected chi connectivity index (χ1v) is 6.27. The number of nitrogens with zero attached hydrogens (tertiary/aromatic N) is 2. The zero-order valence-corrected chi connectivity index (χ0v) is 11.2. The first kappa shape index (κ1) is 13.5. The van der Waals surface area contributed by atoms with Crippen molar-refractivity contribution in [2.45, 2.75) is 0 Å². The van der Waals surface area contributed by atoms with Crippen molar-refractivity contribution in [3.05, 3.63) is 53.1 Å². The highest BCUT2D eigenvalue weighted by atomic mass is 35.5. The quantitative estimate of drug-likeness (QED) is 0.729. The van der Waals surface area contributed by atoms with Gasteiger partial charge < -0.3 is 10.3 Å². The third-order valence-electron chi connectivity index (χ3n) is 2.83. The minimum Gasteiger partial charge on any atom is -0.399 e. The summed E-state index contributed by atoms with van der Waals surface area (Å²) < 4.78 is 31.2. The fourth-order valence-electron chi connectivity index (χ4n) is 1.79. The zero-order valence-electron chi connectivity index (χ0n) is 10.5. The first-order valence-electron chi connectivity index (χ1n) is 5.89. The lowest BCUT2D eigenvalue weighted by Gasteiger charge is -1.99. The van der Waals surface area contributed by atoms with Crippen molar-refractivity contribution in [2.24, 2.45) is 0 Å². The molecule has 2 N–H and O–H groups in total. The van der Waals surface area contributed by atoms with Gasteiger partial charge in [-0.25, -0.2) is 8.78 Å². The van der Waals surface area contributed by atoms with Crippen molar-refractivity contribution in [2.75, 3.05) is 5.73 Å². The molecule has 7 heteroatoms. The molecule has 0 saturated heterocycles. The molecule has 0 fully saturated rings. The summed E-state index contributed by atoms with van der Waals surface area (Å²) in [5, 5.41) is 4.09. The molecule has 0 radical (unpaired) electrons. The summed E-state index contributed by atoms with van der Waals surface area (Å²) in [6, 6.07) is 8.18. The molecule has 0 unspecified atom stereocenters. The Morgan fingerprint density at radius 3 is 2.57 bits per heavy atom. The van der Waals surface area contributed by atoms with Crippen LogP contribution in [0.1, 0.15) is 0 Å². The van der Waals surface area contributed by atoms with Crippen molar-refractivity contribution in [3.63, 3.8) is 0 Å². The third-order valence-corrected chi connectivity index (χ3v) is 3.14. The highest BCUT2D eigenvalue weighted by Gasteiger charge is 2.14. The van der Waals surface area contributed by atoms with Gasteiger partial charge in [-0.1, -0.05) is 16.8 Å². The van der Waals surface area contributed by atoms with Crippen LogP contribution in [0.25, 0.3) is 22.8 Å². The fraction of sp³-hybridized carbons (Fsp3) is 0. The highest BCUT2D eigenvalue weighted by molar-refractivity contribution is 6.33. The van der Waals surface area contributed by atoms with Gasteiger partial charge in [0.15, 0.2) is 11.6 Å². The molecule has 21 heavy (non-hydrogen) atoms. The van der Waals surface area contributed by atoms with Gasteiger partial charge in [0.2, 0.25) is 5.82 Å². The lowest BCUT2D eigenvalue weighted by Crippen LogP contribution is -1.88. The molecule has 3 rings (SSSR count). The molecular formula is C14H8ClF2N3O. The predicted octanol–water partition coefficient (Wildman–Crippen LogP) is 3.92. The zero-order chi connectivity index (χ0) is 15.0. The number of aromatic nitrogens is 2. The Morgan fingerprint density at radius 2 is 1.86 bits per heavy atom. The van der Waals surface area contributed by atoms with Crippen LogP contribution >= 0.6 is 11.6 Å². The Balaban J connectivity index is 2.01. The Bertz CT molecular complexity index is 820. The minimum atomic E-state index is -0.982. The molecule has 1 aromatic heterocycles. The van der Waals surface area contributed by atoms with E-state index in [1.807, 2.05) is 0 Å². The molecule has 2 aromatic carbocycles. The van der Waals surface area contributed by atoms with Crippen molar-refractivity contribution in [1.29, 1.82) is 0 Å². The monoisotopic (exact) mass is 307 g/mol. The molecule has 0 bridgehead atoms. The molecule has 0 saturated carbocycles. The number of nitrogens with two attached hydrogens (primary N) is 1. The average molecular weight is 308 g/mol. The lowest BCUT2D eigenvalue weighted by molar-refractivity contribution is 0.432. The molecule has 0 aliphatic rings. The Kier molecular flexibility index (Phi) is 3.31. The van der Waals surface area contributed by atoms with Crippen LogP contribution in [-0.2, 0) is 0 Å². The molecule has 0 amide bonds.